The van der Waals surface area contributed by atoms with Crippen molar-refractivity contribution in [2.75, 3.05) is 6.61 Å². The third kappa shape index (κ3) is 4.13. The van der Waals surface area contributed by atoms with Gasteiger partial charge in [0.2, 0.25) is 5.90 Å². The van der Waals surface area contributed by atoms with Gasteiger partial charge in [0.15, 0.2) is 5.70 Å². The van der Waals surface area contributed by atoms with E-state index in [0.717, 1.165) is 4.47 Å². The highest BCUT2D eigenvalue weighted by Crippen LogP contribution is 2.24. The van der Waals surface area contributed by atoms with Crippen LogP contribution in [0.15, 0.2) is 63.7 Å². The Balaban J connectivity index is 1.80. The summed E-state index contributed by atoms with van der Waals surface area (Å²) in [4.78, 5) is 26.6. The van der Waals surface area contributed by atoms with Gasteiger partial charge in [-0.05, 0) is 51.8 Å². The van der Waals surface area contributed by atoms with Crippen LogP contribution in [0, 0.1) is 0 Å². The van der Waals surface area contributed by atoms with Crippen molar-refractivity contribution in [3.63, 3.8) is 0 Å². The Kier molecular flexibility index (Phi) is 4.95. The molecule has 1 aliphatic heterocycles. The molecule has 0 fully saturated rings. The summed E-state index contributed by atoms with van der Waals surface area (Å²) in [5, 5.41) is 10.4. The van der Waals surface area contributed by atoms with E-state index in [1.807, 2.05) is 18.2 Å². The second-order valence-corrected chi connectivity index (χ2v) is 5.90. The number of ether oxygens (including phenoxy) is 2. The van der Waals surface area contributed by atoms with Gasteiger partial charge in [-0.1, -0.05) is 24.3 Å². The SMILES string of the molecule is O=C([O-])COc1ccc(/C=C2\N=C(c3ccccc3Br)OC2=O)cc1. The second kappa shape index (κ2) is 7.31. The molecule has 0 atom stereocenters. The molecule has 0 saturated heterocycles. The minimum Gasteiger partial charge on any atom is -0.546 e. The molecule has 0 aromatic heterocycles. The summed E-state index contributed by atoms with van der Waals surface area (Å²) >= 11 is 3.39. The van der Waals surface area contributed by atoms with Crippen molar-refractivity contribution in [1.82, 2.24) is 0 Å². The Morgan fingerprint density at radius 2 is 1.92 bits per heavy atom. The number of carbonyl (C=O) groups excluding carboxylic acids is 2. The molecule has 0 saturated carbocycles. The van der Waals surface area contributed by atoms with Crippen LogP contribution < -0.4 is 9.84 Å². The van der Waals surface area contributed by atoms with Gasteiger partial charge in [-0.2, -0.15) is 0 Å². The van der Waals surface area contributed by atoms with Crippen LogP contribution in [-0.2, 0) is 14.3 Å². The number of halogens is 1. The number of cyclic esters (lactones) is 1. The van der Waals surface area contributed by atoms with Crippen LogP contribution in [0.2, 0.25) is 0 Å². The highest BCUT2D eigenvalue weighted by Gasteiger charge is 2.25. The molecule has 2 aromatic rings. The number of hydrogen-bond donors (Lipinski definition) is 0. The van der Waals surface area contributed by atoms with Gasteiger partial charge in [-0.25, -0.2) is 9.79 Å². The average Bonchev–Trinajstić information content (AvgIpc) is 2.95. The van der Waals surface area contributed by atoms with Gasteiger partial charge < -0.3 is 19.4 Å². The Bertz CT molecular complexity index is 887. The lowest BCUT2D eigenvalue weighted by Crippen LogP contribution is -2.28. The topological polar surface area (TPSA) is 88.0 Å². The summed E-state index contributed by atoms with van der Waals surface area (Å²) in [5.74, 6) is -1.22. The summed E-state index contributed by atoms with van der Waals surface area (Å²) in [7, 11) is 0. The molecule has 25 heavy (non-hydrogen) atoms. The lowest BCUT2D eigenvalue weighted by Gasteiger charge is -2.06. The van der Waals surface area contributed by atoms with E-state index in [4.69, 9.17) is 9.47 Å². The number of aliphatic imine (C=N–C) groups is 1. The highest BCUT2D eigenvalue weighted by molar-refractivity contribution is 9.10. The maximum atomic E-state index is 12.0. The molecule has 0 spiro atoms. The van der Waals surface area contributed by atoms with Crippen LogP contribution in [-0.4, -0.2) is 24.4 Å². The van der Waals surface area contributed by atoms with Crippen molar-refractivity contribution in [3.05, 3.63) is 69.8 Å². The molecular formula is C18H11BrNO5-. The third-order valence-corrected chi connectivity index (χ3v) is 3.96. The predicted molar refractivity (Wildman–Crippen MR) is 91.7 cm³/mol. The van der Waals surface area contributed by atoms with E-state index in [2.05, 4.69) is 20.9 Å². The summed E-state index contributed by atoms with van der Waals surface area (Å²) in [6.45, 7) is -0.521. The van der Waals surface area contributed by atoms with E-state index in [1.165, 1.54) is 0 Å². The first-order valence-electron chi connectivity index (χ1n) is 7.23. The molecule has 1 aliphatic rings. The van der Waals surface area contributed by atoms with Gasteiger partial charge in [-0.15, -0.1) is 0 Å². The fourth-order valence-corrected chi connectivity index (χ4v) is 2.57. The molecule has 0 unspecified atom stereocenters. The van der Waals surface area contributed by atoms with Crippen LogP contribution in [0.5, 0.6) is 5.75 Å². The van der Waals surface area contributed by atoms with E-state index in [-0.39, 0.29) is 11.6 Å². The van der Waals surface area contributed by atoms with Crippen molar-refractivity contribution in [3.8, 4) is 5.75 Å². The number of aliphatic carboxylic acids is 1. The average molecular weight is 401 g/mol. The zero-order valence-electron chi connectivity index (χ0n) is 12.8. The number of esters is 1. The van der Waals surface area contributed by atoms with E-state index < -0.39 is 18.5 Å². The van der Waals surface area contributed by atoms with Crippen LogP contribution in [0.25, 0.3) is 6.08 Å². The zero-order valence-corrected chi connectivity index (χ0v) is 14.4. The number of benzene rings is 2. The molecule has 2 aromatic carbocycles. The fraction of sp³-hybridized carbons (Fsp3) is 0.0556. The van der Waals surface area contributed by atoms with Gasteiger partial charge in [0.05, 0.1) is 11.5 Å². The van der Waals surface area contributed by atoms with Gasteiger partial charge in [0.25, 0.3) is 0 Å². The number of hydrogen-bond acceptors (Lipinski definition) is 6. The van der Waals surface area contributed by atoms with Crippen LogP contribution in [0.1, 0.15) is 11.1 Å². The summed E-state index contributed by atoms with van der Waals surface area (Å²) in [6, 6.07) is 13.8. The second-order valence-electron chi connectivity index (χ2n) is 5.05. The standard InChI is InChI=1S/C18H12BrNO5/c19-14-4-2-1-3-13(14)17-20-15(18(23)25-17)9-11-5-7-12(8-6-11)24-10-16(21)22/h1-9H,10H2,(H,21,22)/p-1/b15-9-. The van der Waals surface area contributed by atoms with Gasteiger partial charge in [0, 0.05) is 4.47 Å². The number of rotatable bonds is 5. The first kappa shape index (κ1) is 16.9. The van der Waals surface area contributed by atoms with E-state index in [0.29, 0.717) is 16.9 Å². The summed E-state index contributed by atoms with van der Waals surface area (Å²) < 4.78 is 11.0. The van der Waals surface area contributed by atoms with Gasteiger partial charge in [0.1, 0.15) is 12.4 Å². The molecule has 6 nitrogen and oxygen atoms in total. The summed E-state index contributed by atoms with van der Waals surface area (Å²) in [6.07, 6.45) is 1.58. The molecule has 0 radical (unpaired) electrons. The predicted octanol–water partition coefficient (Wildman–Crippen LogP) is 1.92. The summed E-state index contributed by atoms with van der Waals surface area (Å²) in [5.41, 5.74) is 1.56. The monoisotopic (exact) mass is 400 g/mol. The van der Waals surface area contributed by atoms with E-state index >= 15 is 0 Å². The molecule has 0 N–H and O–H groups in total. The Hall–Kier alpha value is -2.93. The van der Waals surface area contributed by atoms with Crippen molar-refractivity contribution in [2.45, 2.75) is 0 Å². The molecule has 0 amide bonds. The number of nitrogens with zero attached hydrogens (tertiary/aromatic N) is 1. The first-order valence-corrected chi connectivity index (χ1v) is 8.02. The van der Waals surface area contributed by atoms with Crippen LogP contribution in [0.3, 0.4) is 0 Å². The third-order valence-electron chi connectivity index (χ3n) is 3.26. The largest absolute Gasteiger partial charge is 0.546 e. The number of carbonyl (C=O) groups is 2. The van der Waals surface area contributed by atoms with E-state index in [1.54, 1.807) is 36.4 Å². The Morgan fingerprint density at radius 3 is 2.60 bits per heavy atom. The smallest absolute Gasteiger partial charge is 0.363 e. The Morgan fingerprint density at radius 1 is 1.20 bits per heavy atom. The normalized spacial score (nSPS) is 15.0. The lowest BCUT2D eigenvalue weighted by atomic mass is 10.2. The number of carboxylic acid groups (broad SMARTS) is 1. The fourth-order valence-electron chi connectivity index (χ4n) is 2.12. The first-order chi connectivity index (χ1) is 12.0. The maximum absolute atomic E-state index is 12.0. The quantitative estimate of drug-likeness (QED) is 0.565. The van der Waals surface area contributed by atoms with Gasteiger partial charge in [-0.3, -0.25) is 0 Å². The Labute approximate surface area is 151 Å². The van der Waals surface area contributed by atoms with Crippen molar-refractivity contribution in [2.24, 2.45) is 4.99 Å². The minimum atomic E-state index is -1.30. The molecule has 1 heterocycles. The van der Waals surface area contributed by atoms with Crippen LogP contribution >= 0.6 is 15.9 Å². The molecule has 126 valence electrons. The minimum absolute atomic E-state index is 0.175. The zero-order chi connectivity index (χ0) is 17.8. The van der Waals surface area contributed by atoms with Crippen molar-refractivity contribution >= 4 is 39.8 Å². The van der Waals surface area contributed by atoms with Crippen molar-refractivity contribution in [1.29, 1.82) is 0 Å². The molecular weight excluding hydrogens is 390 g/mol. The van der Waals surface area contributed by atoms with Crippen LogP contribution in [0.4, 0.5) is 0 Å². The maximum Gasteiger partial charge on any atom is 0.363 e. The molecule has 3 rings (SSSR count). The van der Waals surface area contributed by atoms with E-state index in [9.17, 15) is 14.7 Å². The van der Waals surface area contributed by atoms with Crippen molar-refractivity contribution < 1.29 is 24.2 Å². The highest BCUT2D eigenvalue weighted by atomic mass is 79.9. The molecule has 7 heteroatoms. The molecule has 0 aliphatic carbocycles. The molecule has 0 bridgehead atoms. The lowest BCUT2D eigenvalue weighted by molar-refractivity contribution is -0.307. The van der Waals surface area contributed by atoms with Gasteiger partial charge >= 0.3 is 5.97 Å². The number of carboxylic acids is 1.